The summed E-state index contributed by atoms with van der Waals surface area (Å²) >= 11 is 0. The molecule has 0 heteroatoms. The lowest BCUT2D eigenvalue weighted by molar-refractivity contribution is 0.200. The van der Waals surface area contributed by atoms with Crippen LogP contribution in [0.5, 0.6) is 0 Å². The SMILES string of the molecule is C.CC.CC(C)CC(C)(C)C(C)C. The predicted octanol–water partition coefficient (Wildman–Crippen LogP) is 5.38. The zero-order valence-corrected chi connectivity index (χ0v) is 10.4. The van der Waals surface area contributed by atoms with Crippen molar-refractivity contribution in [1.82, 2.24) is 0 Å². The van der Waals surface area contributed by atoms with Crippen LogP contribution in [0.1, 0.15) is 69.2 Å². The summed E-state index contributed by atoms with van der Waals surface area (Å²) in [5.41, 5.74) is 0.522. The molecule has 0 aliphatic carbocycles. The van der Waals surface area contributed by atoms with Gasteiger partial charge in [0.25, 0.3) is 0 Å². The van der Waals surface area contributed by atoms with E-state index >= 15 is 0 Å². The van der Waals surface area contributed by atoms with Gasteiger partial charge in [0.05, 0.1) is 0 Å². The first-order valence-electron chi connectivity index (χ1n) is 5.36. The van der Waals surface area contributed by atoms with Crippen molar-refractivity contribution in [2.45, 2.75) is 69.2 Å². The van der Waals surface area contributed by atoms with Gasteiger partial charge in [-0.25, -0.2) is 0 Å². The van der Waals surface area contributed by atoms with Gasteiger partial charge < -0.3 is 0 Å². The molecule has 0 aromatic heterocycles. The Labute approximate surface area is 87.1 Å². The van der Waals surface area contributed by atoms with E-state index in [1.165, 1.54) is 6.42 Å². The Morgan fingerprint density at radius 1 is 0.923 bits per heavy atom. The monoisotopic (exact) mass is 188 g/mol. The van der Waals surface area contributed by atoms with Gasteiger partial charge in [-0.15, -0.1) is 0 Å². The molecule has 0 aromatic rings. The summed E-state index contributed by atoms with van der Waals surface area (Å²) < 4.78 is 0. The second-order valence-corrected chi connectivity index (χ2v) is 4.74. The maximum absolute atomic E-state index is 2.36. The molecule has 0 fully saturated rings. The molecule has 0 amide bonds. The van der Waals surface area contributed by atoms with Crippen molar-refractivity contribution in [3.05, 3.63) is 0 Å². The molecule has 0 aromatic carbocycles. The fourth-order valence-corrected chi connectivity index (χ4v) is 1.29. The third-order valence-corrected chi connectivity index (χ3v) is 2.50. The summed E-state index contributed by atoms with van der Waals surface area (Å²) in [6.07, 6.45) is 1.34. The van der Waals surface area contributed by atoms with Crippen molar-refractivity contribution in [2.75, 3.05) is 0 Å². The van der Waals surface area contributed by atoms with Gasteiger partial charge in [-0.05, 0) is 23.7 Å². The molecule has 0 aliphatic heterocycles. The van der Waals surface area contributed by atoms with E-state index in [4.69, 9.17) is 0 Å². The maximum atomic E-state index is 2.36. The lowest BCUT2D eigenvalue weighted by Gasteiger charge is -2.30. The first kappa shape index (κ1) is 18.7. The molecule has 0 atom stereocenters. The molecular formula is C13H32. The van der Waals surface area contributed by atoms with Gasteiger partial charge in [0.2, 0.25) is 0 Å². The molecule has 0 saturated heterocycles. The van der Waals surface area contributed by atoms with Gasteiger partial charge in [0.15, 0.2) is 0 Å². The van der Waals surface area contributed by atoms with Crippen molar-refractivity contribution in [3.8, 4) is 0 Å². The quantitative estimate of drug-likeness (QED) is 0.558. The Morgan fingerprint density at radius 2 is 1.23 bits per heavy atom. The zero-order chi connectivity index (χ0) is 10.4. The lowest BCUT2D eigenvalue weighted by atomic mass is 9.75. The largest absolute Gasteiger partial charge is 0.0776 e. The predicted molar refractivity (Wildman–Crippen MR) is 66.2 cm³/mol. The van der Waals surface area contributed by atoms with Crippen LogP contribution in [0.2, 0.25) is 0 Å². The Hall–Kier alpha value is 0. The van der Waals surface area contributed by atoms with Gasteiger partial charge in [0.1, 0.15) is 0 Å². The summed E-state index contributed by atoms with van der Waals surface area (Å²) in [4.78, 5) is 0. The van der Waals surface area contributed by atoms with Gasteiger partial charge >= 0.3 is 0 Å². The van der Waals surface area contributed by atoms with E-state index in [2.05, 4.69) is 41.5 Å². The molecule has 13 heavy (non-hydrogen) atoms. The smallest absolute Gasteiger partial charge is 0.0329 e. The molecule has 0 heterocycles. The van der Waals surface area contributed by atoms with Crippen LogP contribution in [0.15, 0.2) is 0 Å². The second kappa shape index (κ2) is 8.59. The molecule has 0 spiro atoms. The van der Waals surface area contributed by atoms with Crippen LogP contribution < -0.4 is 0 Å². The highest BCUT2D eigenvalue weighted by Gasteiger charge is 2.22. The summed E-state index contributed by atoms with van der Waals surface area (Å²) in [5, 5.41) is 0. The average Bonchev–Trinajstić information content (AvgIpc) is 1.89. The topological polar surface area (TPSA) is 0 Å². The van der Waals surface area contributed by atoms with Gasteiger partial charge in [0, 0.05) is 0 Å². The highest BCUT2D eigenvalue weighted by atomic mass is 14.3. The molecule has 0 unspecified atom stereocenters. The molecule has 0 aliphatic rings. The van der Waals surface area contributed by atoms with Crippen LogP contribution >= 0.6 is 0 Å². The van der Waals surface area contributed by atoms with E-state index in [0.29, 0.717) is 5.41 Å². The summed E-state index contributed by atoms with van der Waals surface area (Å²) in [5.74, 6) is 1.63. The van der Waals surface area contributed by atoms with Crippen molar-refractivity contribution < 1.29 is 0 Å². The van der Waals surface area contributed by atoms with Gasteiger partial charge in [-0.1, -0.05) is 62.8 Å². The van der Waals surface area contributed by atoms with Crippen LogP contribution in [-0.4, -0.2) is 0 Å². The molecule has 0 radical (unpaired) electrons. The second-order valence-electron chi connectivity index (χ2n) is 4.74. The molecule has 0 nitrogen and oxygen atoms in total. The summed E-state index contributed by atoms with van der Waals surface area (Å²) in [7, 11) is 0. The van der Waals surface area contributed by atoms with Crippen LogP contribution in [0.4, 0.5) is 0 Å². The van der Waals surface area contributed by atoms with Crippen LogP contribution in [-0.2, 0) is 0 Å². The number of hydrogen-bond acceptors (Lipinski definition) is 0. The highest BCUT2D eigenvalue weighted by Crippen LogP contribution is 2.32. The van der Waals surface area contributed by atoms with E-state index in [1.807, 2.05) is 13.8 Å². The lowest BCUT2D eigenvalue weighted by Crippen LogP contribution is -2.21. The van der Waals surface area contributed by atoms with Crippen LogP contribution in [0, 0.1) is 17.3 Å². The minimum Gasteiger partial charge on any atom is -0.0776 e. The molecule has 0 N–H and O–H groups in total. The van der Waals surface area contributed by atoms with E-state index < -0.39 is 0 Å². The van der Waals surface area contributed by atoms with Gasteiger partial charge in [-0.2, -0.15) is 0 Å². The Morgan fingerprint density at radius 3 is 1.31 bits per heavy atom. The standard InChI is InChI=1S/C10H22.C2H6.CH4/c1-8(2)7-10(5,6)9(3)4;1-2;/h8-9H,7H2,1-6H3;1-2H3;1H4. The normalized spacial score (nSPS) is 10.6. The number of rotatable bonds is 3. The summed E-state index contributed by atoms with van der Waals surface area (Å²) in [6, 6.07) is 0. The van der Waals surface area contributed by atoms with Gasteiger partial charge in [-0.3, -0.25) is 0 Å². The third-order valence-electron chi connectivity index (χ3n) is 2.50. The molecular weight excluding hydrogens is 156 g/mol. The first-order valence-corrected chi connectivity index (χ1v) is 5.36. The Bertz CT molecular complexity index is 88.2. The van der Waals surface area contributed by atoms with E-state index in [9.17, 15) is 0 Å². The minimum atomic E-state index is 0. The molecule has 0 bridgehead atoms. The van der Waals surface area contributed by atoms with E-state index in [0.717, 1.165) is 11.8 Å². The van der Waals surface area contributed by atoms with E-state index in [1.54, 1.807) is 0 Å². The van der Waals surface area contributed by atoms with E-state index in [-0.39, 0.29) is 7.43 Å². The van der Waals surface area contributed by atoms with Crippen LogP contribution in [0.3, 0.4) is 0 Å². The van der Waals surface area contributed by atoms with Crippen molar-refractivity contribution in [3.63, 3.8) is 0 Å². The molecule has 0 rings (SSSR count). The zero-order valence-electron chi connectivity index (χ0n) is 10.4. The fourth-order valence-electron chi connectivity index (χ4n) is 1.29. The molecule has 0 saturated carbocycles. The summed E-state index contributed by atoms with van der Waals surface area (Å²) in [6.45, 7) is 17.9. The van der Waals surface area contributed by atoms with Crippen molar-refractivity contribution >= 4 is 0 Å². The maximum Gasteiger partial charge on any atom is -0.0329 e. The first-order chi connectivity index (χ1) is 5.36. The highest BCUT2D eigenvalue weighted by molar-refractivity contribution is 4.73. The number of hydrogen-bond donors (Lipinski definition) is 0. The molecule has 84 valence electrons. The Balaban J connectivity index is -0.000000309. The van der Waals surface area contributed by atoms with Crippen molar-refractivity contribution in [2.24, 2.45) is 17.3 Å². The average molecular weight is 188 g/mol. The third kappa shape index (κ3) is 9.92. The minimum absolute atomic E-state index is 0. The van der Waals surface area contributed by atoms with Crippen LogP contribution in [0.25, 0.3) is 0 Å². The fraction of sp³-hybridized carbons (Fsp3) is 1.00. The Kier molecular flexibility index (Phi) is 12.4. The van der Waals surface area contributed by atoms with Crippen molar-refractivity contribution in [1.29, 1.82) is 0 Å².